The topological polar surface area (TPSA) is 32.8 Å². The summed E-state index contributed by atoms with van der Waals surface area (Å²) in [6, 6.07) is 10.6. The minimum atomic E-state index is 0.213. The van der Waals surface area contributed by atoms with Gasteiger partial charge in [-0.15, -0.1) is 0 Å². The van der Waals surface area contributed by atoms with E-state index in [1.54, 1.807) is 0 Å². The highest BCUT2D eigenvalue weighted by Crippen LogP contribution is 2.34. The quantitative estimate of drug-likeness (QED) is 0.754. The Labute approximate surface area is 165 Å². The number of carbonyl (C=O) groups is 1. The van der Waals surface area contributed by atoms with E-state index in [0.29, 0.717) is 17.7 Å². The molecule has 2 saturated heterocycles. The number of carbonyl (C=O) groups excluding carboxylic acids is 1. The summed E-state index contributed by atoms with van der Waals surface area (Å²) >= 11 is 0. The largest absolute Gasteiger partial charge is 0.381 e. The molecule has 0 spiro atoms. The number of likely N-dealkylation sites (tertiary alicyclic amines) is 2. The molecular weight excluding hydrogens is 336 g/mol. The Bertz CT molecular complexity index is 541. The van der Waals surface area contributed by atoms with Gasteiger partial charge in [-0.1, -0.05) is 51.1 Å². The van der Waals surface area contributed by atoms with E-state index in [-0.39, 0.29) is 5.92 Å². The van der Waals surface area contributed by atoms with Gasteiger partial charge in [-0.05, 0) is 45.0 Å². The molecule has 0 aromatic heterocycles. The van der Waals surface area contributed by atoms with E-state index in [2.05, 4.69) is 47.1 Å². The van der Waals surface area contributed by atoms with Crippen molar-refractivity contribution in [3.05, 3.63) is 35.9 Å². The number of rotatable bonds is 6. The molecule has 2 fully saturated rings. The summed E-state index contributed by atoms with van der Waals surface area (Å²) in [5, 5.41) is 0. The number of hydrogen-bond acceptors (Lipinski definition) is 3. The number of benzene rings is 1. The minimum absolute atomic E-state index is 0.213. The monoisotopic (exact) mass is 374 g/mol. The second-order valence-electron chi connectivity index (χ2n) is 7.39. The van der Waals surface area contributed by atoms with Crippen LogP contribution in [0.2, 0.25) is 0 Å². The molecule has 3 rings (SSSR count). The first kappa shape index (κ1) is 21.9. The first-order valence-electron chi connectivity index (χ1n) is 10.9. The van der Waals surface area contributed by atoms with Crippen molar-refractivity contribution >= 4 is 5.91 Å². The predicted molar refractivity (Wildman–Crippen MR) is 112 cm³/mol. The predicted octanol–water partition coefficient (Wildman–Crippen LogP) is 4.02. The smallest absolute Gasteiger partial charge is 0.225 e. The standard InChI is InChI=1S/C21H32N2O2.C2H6/c1-3-22-12-10-18(11-13-22)21(24)23-14-19(16-25-4-2)20(15-23)17-8-6-5-7-9-17;1-2/h5-9,18-20H,3-4,10-16H2,1-2H3;1-2H3/t19-,20-;/m1./s1. The van der Waals surface area contributed by atoms with Gasteiger partial charge < -0.3 is 14.5 Å². The van der Waals surface area contributed by atoms with E-state index in [1.807, 2.05) is 20.8 Å². The maximum Gasteiger partial charge on any atom is 0.225 e. The number of hydrogen-bond donors (Lipinski definition) is 0. The van der Waals surface area contributed by atoms with Crippen LogP contribution in [0.15, 0.2) is 30.3 Å². The molecule has 2 aliphatic heterocycles. The van der Waals surface area contributed by atoms with Crippen molar-refractivity contribution in [3.63, 3.8) is 0 Å². The van der Waals surface area contributed by atoms with Crippen LogP contribution >= 0.6 is 0 Å². The fourth-order valence-corrected chi connectivity index (χ4v) is 4.32. The fraction of sp³-hybridized carbons (Fsp3) is 0.696. The van der Waals surface area contributed by atoms with Crippen LogP contribution in [0.4, 0.5) is 0 Å². The van der Waals surface area contributed by atoms with Crippen LogP contribution in [-0.2, 0) is 9.53 Å². The van der Waals surface area contributed by atoms with Crippen LogP contribution in [-0.4, -0.2) is 61.6 Å². The maximum atomic E-state index is 13.1. The SMILES string of the molecule is CC.CCOC[C@H]1CN(C(=O)C2CCN(CC)CC2)C[C@@H]1c1ccccc1. The van der Waals surface area contributed by atoms with Crippen molar-refractivity contribution in [2.24, 2.45) is 11.8 Å². The second kappa shape index (κ2) is 11.5. The van der Waals surface area contributed by atoms with E-state index < -0.39 is 0 Å². The highest BCUT2D eigenvalue weighted by atomic mass is 16.5. The number of nitrogens with zero attached hydrogens (tertiary/aromatic N) is 2. The van der Waals surface area contributed by atoms with E-state index in [0.717, 1.165) is 58.8 Å². The molecule has 2 aliphatic rings. The third kappa shape index (κ3) is 5.79. The Morgan fingerprint density at radius 3 is 2.33 bits per heavy atom. The molecule has 1 aromatic carbocycles. The van der Waals surface area contributed by atoms with Gasteiger partial charge in [-0.25, -0.2) is 0 Å². The van der Waals surface area contributed by atoms with Gasteiger partial charge in [-0.3, -0.25) is 4.79 Å². The van der Waals surface area contributed by atoms with Crippen LogP contribution in [0.25, 0.3) is 0 Å². The summed E-state index contributed by atoms with van der Waals surface area (Å²) in [5.74, 6) is 1.38. The molecule has 0 unspecified atom stereocenters. The highest BCUT2D eigenvalue weighted by Gasteiger charge is 2.38. The summed E-state index contributed by atoms with van der Waals surface area (Å²) in [6.45, 7) is 14.6. The number of amides is 1. The van der Waals surface area contributed by atoms with Crippen LogP contribution < -0.4 is 0 Å². The summed E-state index contributed by atoms with van der Waals surface area (Å²) in [6.07, 6.45) is 2.02. The maximum absolute atomic E-state index is 13.1. The van der Waals surface area contributed by atoms with Crippen molar-refractivity contribution < 1.29 is 9.53 Å². The average molecular weight is 375 g/mol. The lowest BCUT2D eigenvalue weighted by atomic mass is 9.89. The van der Waals surface area contributed by atoms with Crippen molar-refractivity contribution in [2.75, 3.05) is 45.9 Å². The zero-order chi connectivity index (χ0) is 19.6. The molecule has 152 valence electrons. The van der Waals surface area contributed by atoms with Gasteiger partial charge in [0.1, 0.15) is 0 Å². The minimum Gasteiger partial charge on any atom is -0.381 e. The van der Waals surface area contributed by atoms with E-state index in [9.17, 15) is 4.79 Å². The number of ether oxygens (including phenoxy) is 1. The first-order chi connectivity index (χ1) is 13.2. The molecule has 27 heavy (non-hydrogen) atoms. The van der Waals surface area contributed by atoms with Gasteiger partial charge in [0.2, 0.25) is 5.91 Å². The Morgan fingerprint density at radius 1 is 1.07 bits per heavy atom. The van der Waals surface area contributed by atoms with Crippen molar-refractivity contribution in [1.82, 2.24) is 9.80 Å². The Morgan fingerprint density at radius 2 is 1.74 bits per heavy atom. The van der Waals surface area contributed by atoms with Crippen molar-refractivity contribution in [3.8, 4) is 0 Å². The van der Waals surface area contributed by atoms with Crippen molar-refractivity contribution in [1.29, 1.82) is 0 Å². The summed E-state index contributed by atoms with van der Waals surface area (Å²) in [5.41, 5.74) is 1.34. The van der Waals surface area contributed by atoms with Gasteiger partial charge in [0.05, 0.1) is 6.61 Å². The number of piperidine rings is 1. The van der Waals surface area contributed by atoms with Gasteiger partial charge >= 0.3 is 0 Å². The van der Waals surface area contributed by atoms with Crippen LogP contribution in [0.1, 0.15) is 52.0 Å². The van der Waals surface area contributed by atoms with Gasteiger partial charge in [0.15, 0.2) is 0 Å². The lowest BCUT2D eigenvalue weighted by molar-refractivity contribution is -0.136. The third-order valence-corrected chi connectivity index (χ3v) is 5.90. The zero-order valence-corrected chi connectivity index (χ0v) is 17.7. The van der Waals surface area contributed by atoms with Crippen LogP contribution in [0.3, 0.4) is 0 Å². The second-order valence-corrected chi connectivity index (χ2v) is 7.39. The zero-order valence-electron chi connectivity index (χ0n) is 17.7. The fourth-order valence-electron chi connectivity index (χ4n) is 4.32. The molecule has 1 aromatic rings. The van der Waals surface area contributed by atoms with E-state index in [4.69, 9.17) is 4.74 Å². The Hall–Kier alpha value is -1.39. The normalized spacial score (nSPS) is 23.8. The molecule has 0 radical (unpaired) electrons. The molecule has 0 aliphatic carbocycles. The van der Waals surface area contributed by atoms with Crippen LogP contribution in [0.5, 0.6) is 0 Å². The van der Waals surface area contributed by atoms with Gasteiger partial charge in [-0.2, -0.15) is 0 Å². The molecule has 0 saturated carbocycles. The first-order valence-corrected chi connectivity index (χ1v) is 10.9. The lowest BCUT2D eigenvalue weighted by Crippen LogP contribution is -2.42. The molecule has 1 amide bonds. The molecule has 4 heteroatoms. The van der Waals surface area contributed by atoms with Crippen molar-refractivity contribution in [2.45, 2.75) is 46.5 Å². The van der Waals surface area contributed by atoms with Gasteiger partial charge in [0.25, 0.3) is 0 Å². The average Bonchev–Trinajstić information content (AvgIpc) is 3.18. The third-order valence-electron chi connectivity index (χ3n) is 5.90. The van der Waals surface area contributed by atoms with E-state index in [1.165, 1.54) is 5.56 Å². The Balaban J connectivity index is 0.00000126. The molecular formula is C23H38N2O2. The summed E-state index contributed by atoms with van der Waals surface area (Å²) < 4.78 is 5.73. The van der Waals surface area contributed by atoms with E-state index >= 15 is 0 Å². The Kier molecular flexibility index (Phi) is 9.29. The summed E-state index contributed by atoms with van der Waals surface area (Å²) in [7, 11) is 0. The lowest BCUT2D eigenvalue weighted by Gasteiger charge is -2.32. The van der Waals surface area contributed by atoms with Crippen LogP contribution in [0, 0.1) is 11.8 Å². The molecule has 4 nitrogen and oxygen atoms in total. The molecule has 2 atom stereocenters. The van der Waals surface area contributed by atoms with Gasteiger partial charge in [0, 0.05) is 37.5 Å². The molecule has 0 bridgehead atoms. The molecule has 0 N–H and O–H groups in total. The highest BCUT2D eigenvalue weighted by molar-refractivity contribution is 5.79. The molecule has 2 heterocycles. The summed E-state index contributed by atoms with van der Waals surface area (Å²) in [4.78, 5) is 17.6.